The molecule has 3 rings (SSSR count). The van der Waals surface area contributed by atoms with E-state index in [0.717, 1.165) is 11.3 Å². The molecule has 172 valence electrons. The minimum atomic E-state index is -3.52. The molecule has 1 fully saturated rings. The van der Waals surface area contributed by atoms with E-state index in [9.17, 15) is 8.42 Å². The minimum absolute atomic E-state index is 0.102. The number of sulfonamides is 1. The van der Waals surface area contributed by atoms with Gasteiger partial charge >= 0.3 is 0 Å². The zero-order chi connectivity index (χ0) is 23.4. The fourth-order valence-electron chi connectivity index (χ4n) is 3.22. The van der Waals surface area contributed by atoms with E-state index in [1.807, 2.05) is 19.1 Å². The van der Waals surface area contributed by atoms with Gasteiger partial charge in [0.2, 0.25) is 10.0 Å². The second-order valence-corrected chi connectivity index (χ2v) is 11.0. The van der Waals surface area contributed by atoms with Gasteiger partial charge in [-0.3, -0.25) is 5.43 Å². The number of hydrogen-bond donors (Lipinski definition) is 2. The average molecular weight is 475 g/mol. The zero-order valence-electron chi connectivity index (χ0n) is 18.9. The predicted molar refractivity (Wildman–Crippen MR) is 133 cm³/mol. The van der Waals surface area contributed by atoms with Crippen LogP contribution in [0.25, 0.3) is 0 Å². The Morgan fingerprint density at radius 1 is 1.03 bits per heavy atom. The third-order valence-corrected chi connectivity index (χ3v) is 7.32. The van der Waals surface area contributed by atoms with Crippen molar-refractivity contribution in [3.05, 3.63) is 59.7 Å². The molecule has 0 saturated carbocycles. The largest absolute Gasteiger partial charge is 0.379 e. The Bertz CT molecular complexity index is 1070. The zero-order valence-corrected chi connectivity index (χ0v) is 20.5. The molecule has 2 aromatic rings. The summed E-state index contributed by atoms with van der Waals surface area (Å²) in [7, 11) is -3.52. The van der Waals surface area contributed by atoms with E-state index >= 15 is 0 Å². The van der Waals surface area contributed by atoms with Crippen LogP contribution in [0, 0.1) is 0 Å². The van der Waals surface area contributed by atoms with Crippen molar-refractivity contribution in [2.24, 2.45) is 5.10 Å². The molecule has 0 bridgehead atoms. The van der Waals surface area contributed by atoms with E-state index in [1.165, 1.54) is 9.87 Å². The summed E-state index contributed by atoms with van der Waals surface area (Å²) in [4.78, 5) is 0.247. The van der Waals surface area contributed by atoms with Crippen molar-refractivity contribution in [3.8, 4) is 0 Å². The van der Waals surface area contributed by atoms with E-state index in [1.54, 1.807) is 24.3 Å². The summed E-state index contributed by atoms with van der Waals surface area (Å²) in [6, 6.07) is 14.8. The molecule has 2 N–H and O–H groups in total. The van der Waals surface area contributed by atoms with Gasteiger partial charge in [0.05, 0.1) is 23.8 Å². The molecule has 0 radical (unpaired) electrons. The fraction of sp³-hybridized carbons (Fsp3) is 0.391. The van der Waals surface area contributed by atoms with Crippen molar-refractivity contribution in [1.82, 2.24) is 9.73 Å². The molecule has 1 aliphatic rings. The monoisotopic (exact) mass is 474 g/mol. The van der Waals surface area contributed by atoms with Crippen LogP contribution in [0.4, 0.5) is 5.69 Å². The number of benzene rings is 2. The lowest BCUT2D eigenvalue weighted by atomic mass is 9.86. The number of hydrazone groups is 1. The molecule has 0 amide bonds. The molecule has 2 aromatic carbocycles. The number of anilines is 1. The summed E-state index contributed by atoms with van der Waals surface area (Å²) in [5.74, 6) is 0. The Labute approximate surface area is 195 Å². The molecule has 1 heterocycles. The van der Waals surface area contributed by atoms with Crippen LogP contribution < -0.4 is 10.7 Å². The smallest absolute Gasteiger partial charge is 0.243 e. The molecule has 0 unspecified atom stereocenters. The quantitative estimate of drug-likeness (QED) is 0.391. The first kappa shape index (κ1) is 24.3. The van der Waals surface area contributed by atoms with E-state index in [0.29, 0.717) is 37.1 Å². The van der Waals surface area contributed by atoms with Crippen molar-refractivity contribution >= 4 is 38.8 Å². The average Bonchev–Trinajstić information content (AvgIpc) is 2.78. The number of nitrogens with one attached hydrogen (secondary N) is 2. The van der Waals surface area contributed by atoms with Crippen LogP contribution in [0.15, 0.2) is 58.5 Å². The summed E-state index contributed by atoms with van der Waals surface area (Å²) in [6.07, 6.45) is 0. The normalized spacial score (nSPS) is 15.9. The number of thiocarbonyl (C=S) groups is 1. The maximum Gasteiger partial charge on any atom is 0.243 e. The fourth-order valence-corrected chi connectivity index (χ4v) is 4.79. The Morgan fingerprint density at radius 3 is 2.19 bits per heavy atom. The van der Waals surface area contributed by atoms with Crippen LogP contribution in [0.1, 0.15) is 38.8 Å². The van der Waals surface area contributed by atoms with Gasteiger partial charge in [0.25, 0.3) is 0 Å². The minimum Gasteiger partial charge on any atom is -0.379 e. The standard InChI is InChI=1S/C23H30N4O3S2/c1-17(18-5-7-19(8-6-18)23(2,3)4)25-26-22(31)24-20-9-11-21(12-10-20)32(28,29)27-13-15-30-16-14-27/h5-12H,13-16H2,1-4H3,(H2,24,26,31). The molecule has 0 atom stereocenters. The predicted octanol–water partition coefficient (Wildman–Crippen LogP) is 3.72. The first-order valence-corrected chi connectivity index (χ1v) is 12.3. The van der Waals surface area contributed by atoms with E-state index < -0.39 is 10.0 Å². The third kappa shape index (κ3) is 6.13. The van der Waals surface area contributed by atoms with Crippen LogP contribution in [0.5, 0.6) is 0 Å². The highest BCUT2D eigenvalue weighted by Crippen LogP contribution is 2.22. The summed E-state index contributed by atoms with van der Waals surface area (Å²) in [5.41, 5.74) is 6.69. The molecule has 0 aromatic heterocycles. The second kappa shape index (κ2) is 10.1. The van der Waals surface area contributed by atoms with Gasteiger partial charge in [-0.2, -0.15) is 9.41 Å². The maximum absolute atomic E-state index is 12.7. The van der Waals surface area contributed by atoms with Crippen molar-refractivity contribution < 1.29 is 13.2 Å². The number of rotatable bonds is 5. The van der Waals surface area contributed by atoms with Crippen LogP contribution in [-0.4, -0.2) is 49.9 Å². The topological polar surface area (TPSA) is 83.0 Å². The lowest BCUT2D eigenvalue weighted by Crippen LogP contribution is -2.40. The van der Waals surface area contributed by atoms with Crippen molar-refractivity contribution in [3.63, 3.8) is 0 Å². The number of hydrogen-bond acceptors (Lipinski definition) is 5. The molecular weight excluding hydrogens is 444 g/mol. The Kier molecular flexibility index (Phi) is 7.66. The van der Waals surface area contributed by atoms with Crippen molar-refractivity contribution in [2.75, 3.05) is 31.6 Å². The second-order valence-electron chi connectivity index (χ2n) is 8.63. The summed E-state index contributed by atoms with van der Waals surface area (Å²) >= 11 is 5.31. The number of ether oxygens (including phenoxy) is 1. The molecule has 1 aliphatic heterocycles. The molecule has 32 heavy (non-hydrogen) atoms. The third-order valence-electron chi connectivity index (χ3n) is 5.21. The van der Waals surface area contributed by atoms with Crippen LogP contribution >= 0.6 is 12.2 Å². The Balaban J connectivity index is 1.59. The highest BCUT2D eigenvalue weighted by molar-refractivity contribution is 7.89. The van der Waals surface area contributed by atoms with Gasteiger partial charge < -0.3 is 10.1 Å². The van der Waals surface area contributed by atoms with Crippen LogP contribution in [0.3, 0.4) is 0 Å². The van der Waals surface area contributed by atoms with E-state index in [2.05, 4.69) is 48.7 Å². The van der Waals surface area contributed by atoms with Gasteiger partial charge in [-0.05, 0) is 59.9 Å². The first-order valence-electron chi connectivity index (χ1n) is 10.5. The molecule has 1 saturated heterocycles. The Morgan fingerprint density at radius 2 is 1.62 bits per heavy atom. The summed E-state index contributed by atoms with van der Waals surface area (Å²) < 4.78 is 32.1. The maximum atomic E-state index is 12.7. The van der Waals surface area contributed by atoms with Gasteiger partial charge in [-0.25, -0.2) is 8.42 Å². The van der Waals surface area contributed by atoms with Gasteiger partial charge in [-0.1, -0.05) is 45.0 Å². The molecule has 0 aliphatic carbocycles. The van der Waals surface area contributed by atoms with Gasteiger partial charge in [0, 0.05) is 18.8 Å². The molecular formula is C23H30N4O3S2. The van der Waals surface area contributed by atoms with Crippen LogP contribution in [0.2, 0.25) is 0 Å². The van der Waals surface area contributed by atoms with Gasteiger partial charge in [0.1, 0.15) is 0 Å². The van der Waals surface area contributed by atoms with Gasteiger partial charge in [0.15, 0.2) is 5.11 Å². The molecule has 9 heteroatoms. The lowest BCUT2D eigenvalue weighted by molar-refractivity contribution is 0.0730. The molecule has 0 spiro atoms. The highest BCUT2D eigenvalue weighted by atomic mass is 32.2. The van der Waals surface area contributed by atoms with Crippen molar-refractivity contribution in [2.45, 2.75) is 38.0 Å². The van der Waals surface area contributed by atoms with Gasteiger partial charge in [-0.15, -0.1) is 0 Å². The first-order chi connectivity index (χ1) is 15.1. The molecule has 7 nitrogen and oxygen atoms in total. The summed E-state index contributed by atoms with van der Waals surface area (Å²) in [5, 5.41) is 7.69. The lowest BCUT2D eigenvalue weighted by Gasteiger charge is -2.26. The number of nitrogens with zero attached hydrogens (tertiary/aromatic N) is 2. The number of morpholine rings is 1. The van der Waals surface area contributed by atoms with Crippen molar-refractivity contribution in [1.29, 1.82) is 0 Å². The Hall–Kier alpha value is -2.33. The summed E-state index contributed by atoms with van der Waals surface area (Å²) in [6.45, 7) is 10.0. The van der Waals surface area contributed by atoms with E-state index in [4.69, 9.17) is 17.0 Å². The van der Waals surface area contributed by atoms with Crippen LogP contribution in [-0.2, 0) is 20.2 Å². The SMILES string of the molecule is CC(=NNC(=S)Nc1ccc(S(=O)(=O)N2CCOCC2)cc1)c1ccc(C(C)(C)C)cc1. The van der Waals surface area contributed by atoms with E-state index in [-0.39, 0.29) is 10.3 Å². The highest BCUT2D eigenvalue weighted by Gasteiger charge is 2.26.